The number of nitrogens with zero attached hydrogens (tertiary/aromatic N) is 4. The maximum Gasteiger partial charge on any atom is 0.157 e. The number of hydrogen-bond donors (Lipinski definition) is 1. The van der Waals surface area contributed by atoms with Gasteiger partial charge < -0.3 is 5.73 Å². The van der Waals surface area contributed by atoms with Crippen molar-refractivity contribution in [2.24, 2.45) is 0 Å². The molecular weight excluding hydrogens is 178 g/mol. The van der Waals surface area contributed by atoms with Gasteiger partial charge in [0.25, 0.3) is 0 Å². The van der Waals surface area contributed by atoms with Crippen molar-refractivity contribution in [1.29, 1.82) is 0 Å². The molecule has 0 aliphatic heterocycles. The highest BCUT2D eigenvalue weighted by Gasteiger charge is 2.03. The summed E-state index contributed by atoms with van der Waals surface area (Å²) in [5.74, 6) is 1.98. The van der Waals surface area contributed by atoms with E-state index in [9.17, 15) is 0 Å². The van der Waals surface area contributed by atoms with Crippen molar-refractivity contribution >= 4 is 5.82 Å². The standard InChI is InChI=1S/C9H11N5/c1-6-5-14(13-9(6)10)8-3-4-11-7(2)12-8/h3-5H,1-2H3,(H2,10,13). The molecule has 14 heavy (non-hydrogen) atoms. The lowest BCUT2D eigenvalue weighted by Crippen LogP contribution is -2.01. The first kappa shape index (κ1) is 8.68. The SMILES string of the molecule is Cc1nccc(-n2cc(C)c(N)n2)n1. The normalized spacial score (nSPS) is 10.4. The molecule has 0 bridgehead atoms. The van der Waals surface area contributed by atoms with E-state index < -0.39 is 0 Å². The van der Waals surface area contributed by atoms with E-state index in [2.05, 4.69) is 15.1 Å². The molecule has 5 heteroatoms. The predicted octanol–water partition coefficient (Wildman–Crippen LogP) is 0.861. The van der Waals surface area contributed by atoms with E-state index in [-0.39, 0.29) is 0 Å². The van der Waals surface area contributed by atoms with Gasteiger partial charge in [0, 0.05) is 24.0 Å². The molecule has 0 spiro atoms. The summed E-state index contributed by atoms with van der Waals surface area (Å²) in [6.07, 6.45) is 3.54. The summed E-state index contributed by atoms with van der Waals surface area (Å²) < 4.78 is 1.65. The smallest absolute Gasteiger partial charge is 0.157 e. The highest BCUT2D eigenvalue weighted by Crippen LogP contribution is 2.10. The van der Waals surface area contributed by atoms with Crippen LogP contribution in [0.3, 0.4) is 0 Å². The van der Waals surface area contributed by atoms with E-state index >= 15 is 0 Å². The van der Waals surface area contributed by atoms with Gasteiger partial charge in [-0.1, -0.05) is 0 Å². The van der Waals surface area contributed by atoms with E-state index in [0.717, 1.165) is 11.4 Å². The van der Waals surface area contributed by atoms with Crippen molar-refractivity contribution in [3.8, 4) is 5.82 Å². The van der Waals surface area contributed by atoms with Crippen LogP contribution in [0.5, 0.6) is 0 Å². The van der Waals surface area contributed by atoms with E-state index in [1.807, 2.05) is 20.0 Å². The molecule has 2 aromatic heterocycles. The Morgan fingerprint density at radius 2 is 2.14 bits per heavy atom. The second-order valence-corrected chi connectivity index (χ2v) is 3.10. The van der Waals surface area contributed by atoms with Gasteiger partial charge in [0.15, 0.2) is 5.82 Å². The summed E-state index contributed by atoms with van der Waals surface area (Å²) in [7, 11) is 0. The lowest BCUT2D eigenvalue weighted by molar-refractivity contribution is 0.832. The first-order valence-electron chi connectivity index (χ1n) is 4.28. The van der Waals surface area contributed by atoms with Gasteiger partial charge in [0.1, 0.15) is 11.6 Å². The van der Waals surface area contributed by atoms with Crippen LogP contribution in [0.4, 0.5) is 5.82 Å². The largest absolute Gasteiger partial charge is 0.382 e. The molecule has 0 atom stereocenters. The minimum absolute atomic E-state index is 0.529. The molecule has 5 nitrogen and oxygen atoms in total. The molecule has 0 fully saturated rings. The molecule has 2 aromatic rings. The van der Waals surface area contributed by atoms with Crippen LogP contribution < -0.4 is 5.73 Å². The Morgan fingerprint density at radius 1 is 1.36 bits per heavy atom. The van der Waals surface area contributed by atoms with Crippen molar-refractivity contribution in [3.63, 3.8) is 0 Å². The number of anilines is 1. The van der Waals surface area contributed by atoms with E-state index in [0.29, 0.717) is 11.6 Å². The molecule has 0 aromatic carbocycles. The molecule has 2 heterocycles. The van der Waals surface area contributed by atoms with Crippen LogP contribution in [-0.2, 0) is 0 Å². The Morgan fingerprint density at radius 3 is 2.71 bits per heavy atom. The Hall–Kier alpha value is -1.91. The van der Waals surface area contributed by atoms with Gasteiger partial charge in [0.05, 0.1) is 0 Å². The number of rotatable bonds is 1. The first-order valence-corrected chi connectivity index (χ1v) is 4.28. The van der Waals surface area contributed by atoms with Gasteiger partial charge in [-0.2, -0.15) is 0 Å². The van der Waals surface area contributed by atoms with Crippen molar-refractivity contribution in [1.82, 2.24) is 19.7 Å². The van der Waals surface area contributed by atoms with E-state index in [4.69, 9.17) is 5.73 Å². The van der Waals surface area contributed by atoms with Gasteiger partial charge in [-0.3, -0.25) is 0 Å². The van der Waals surface area contributed by atoms with Gasteiger partial charge in [-0.05, 0) is 13.8 Å². The fourth-order valence-corrected chi connectivity index (χ4v) is 1.16. The van der Waals surface area contributed by atoms with Crippen molar-refractivity contribution in [2.75, 3.05) is 5.73 Å². The number of hydrogen-bond acceptors (Lipinski definition) is 4. The lowest BCUT2D eigenvalue weighted by atomic mass is 10.4. The van der Waals surface area contributed by atoms with E-state index in [1.54, 1.807) is 16.9 Å². The predicted molar refractivity (Wildman–Crippen MR) is 53.0 cm³/mol. The molecule has 0 unspecified atom stereocenters. The van der Waals surface area contributed by atoms with Crippen molar-refractivity contribution in [2.45, 2.75) is 13.8 Å². The molecule has 0 amide bonds. The third kappa shape index (κ3) is 1.44. The van der Waals surface area contributed by atoms with Crippen LogP contribution >= 0.6 is 0 Å². The number of nitrogens with two attached hydrogens (primary N) is 1. The third-order valence-electron chi connectivity index (χ3n) is 1.93. The minimum Gasteiger partial charge on any atom is -0.382 e. The number of aryl methyl sites for hydroxylation is 2. The van der Waals surface area contributed by atoms with Crippen molar-refractivity contribution < 1.29 is 0 Å². The molecule has 2 N–H and O–H groups in total. The van der Waals surface area contributed by atoms with Gasteiger partial charge in [0.2, 0.25) is 0 Å². The molecule has 0 saturated heterocycles. The third-order valence-corrected chi connectivity index (χ3v) is 1.93. The van der Waals surface area contributed by atoms with Gasteiger partial charge in [-0.25, -0.2) is 14.6 Å². The Bertz CT molecular complexity index is 440. The molecule has 0 radical (unpaired) electrons. The summed E-state index contributed by atoms with van der Waals surface area (Å²) in [5.41, 5.74) is 6.59. The summed E-state index contributed by atoms with van der Waals surface area (Å²) in [4.78, 5) is 8.24. The number of nitrogen functional groups attached to an aromatic ring is 1. The van der Waals surface area contributed by atoms with Crippen LogP contribution in [-0.4, -0.2) is 19.7 Å². The second kappa shape index (κ2) is 3.10. The quantitative estimate of drug-likeness (QED) is 0.722. The zero-order chi connectivity index (χ0) is 10.1. The lowest BCUT2D eigenvalue weighted by Gasteiger charge is -1.99. The van der Waals surface area contributed by atoms with Crippen molar-refractivity contribution in [3.05, 3.63) is 29.8 Å². The average Bonchev–Trinajstić information content (AvgIpc) is 2.47. The topological polar surface area (TPSA) is 69.6 Å². The summed E-state index contributed by atoms with van der Waals surface area (Å²) in [6, 6.07) is 1.79. The van der Waals surface area contributed by atoms with Crippen LogP contribution in [0.2, 0.25) is 0 Å². The molecule has 0 aliphatic rings. The maximum atomic E-state index is 5.64. The van der Waals surface area contributed by atoms with Crippen LogP contribution in [0.25, 0.3) is 5.82 Å². The molecule has 72 valence electrons. The zero-order valence-electron chi connectivity index (χ0n) is 8.10. The zero-order valence-corrected chi connectivity index (χ0v) is 8.10. The minimum atomic E-state index is 0.529. The Balaban J connectivity index is 2.49. The summed E-state index contributed by atoms with van der Waals surface area (Å²) >= 11 is 0. The van der Waals surface area contributed by atoms with E-state index in [1.165, 1.54) is 0 Å². The van der Waals surface area contributed by atoms with Crippen LogP contribution in [0, 0.1) is 13.8 Å². The van der Waals surface area contributed by atoms with Crippen LogP contribution in [0.15, 0.2) is 18.5 Å². The number of aromatic nitrogens is 4. The Kier molecular flexibility index (Phi) is 1.92. The molecular formula is C9H11N5. The summed E-state index contributed by atoms with van der Waals surface area (Å²) in [5, 5.41) is 4.13. The average molecular weight is 189 g/mol. The molecule has 0 saturated carbocycles. The molecule has 0 aliphatic carbocycles. The van der Waals surface area contributed by atoms with Gasteiger partial charge >= 0.3 is 0 Å². The maximum absolute atomic E-state index is 5.64. The fraction of sp³-hybridized carbons (Fsp3) is 0.222. The molecule has 2 rings (SSSR count). The highest BCUT2D eigenvalue weighted by molar-refractivity contribution is 5.38. The van der Waals surface area contributed by atoms with Gasteiger partial charge in [-0.15, -0.1) is 5.10 Å². The highest BCUT2D eigenvalue weighted by atomic mass is 15.3. The second-order valence-electron chi connectivity index (χ2n) is 3.10. The fourth-order valence-electron chi connectivity index (χ4n) is 1.16. The Labute approximate surface area is 81.6 Å². The summed E-state index contributed by atoms with van der Waals surface area (Å²) in [6.45, 7) is 3.75. The van der Waals surface area contributed by atoms with Crippen LogP contribution in [0.1, 0.15) is 11.4 Å². The first-order chi connectivity index (χ1) is 6.66. The monoisotopic (exact) mass is 189 g/mol.